The second-order valence-corrected chi connectivity index (χ2v) is 8.70. The molecule has 158 valence electrons. The zero-order valence-corrected chi connectivity index (χ0v) is 18.8. The number of ether oxygens (including phenoxy) is 1. The summed E-state index contributed by atoms with van der Waals surface area (Å²) in [6, 6.07) is 19.1. The number of carbonyl (C=O) groups is 1. The smallest absolute Gasteiger partial charge is 0.272 e. The predicted molar refractivity (Wildman–Crippen MR) is 127 cm³/mol. The minimum atomic E-state index is -0.175. The number of nitrogens with one attached hydrogen (secondary N) is 1. The number of nitrogens with zero attached hydrogens (tertiary/aromatic N) is 2. The summed E-state index contributed by atoms with van der Waals surface area (Å²) in [6.07, 6.45) is 0. The average Bonchev–Trinajstić information content (AvgIpc) is 3.23. The zero-order valence-electron chi connectivity index (χ0n) is 17.1. The summed E-state index contributed by atoms with van der Waals surface area (Å²) in [5.41, 5.74) is 2.30. The number of hydrogen-bond acceptors (Lipinski definition) is 6. The average molecular weight is 452 g/mol. The molecule has 2 aromatic heterocycles. The molecule has 6 nitrogen and oxygen atoms in total. The molecule has 0 fully saturated rings. The number of carbonyl (C=O) groups excluding carboxylic acids is 1. The Morgan fingerprint density at radius 2 is 1.97 bits per heavy atom. The SMILES string of the molecule is CCn1c(SCC(=O)Nc2cccc(OC)c2)nc2cc(-c3ccccc3)sc2c1=O. The van der Waals surface area contributed by atoms with Gasteiger partial charge in [-0.05, 0) is 30.7 Å². The maximum Gasteiger partial charge on any atom is 0.272 e. The Morgan fingerprint density at radius 1 is 1.16 bits per heavy atom. The highest BCUT2D eigenvalue weighted by molar-refractivity contribution is 7.99. The lowest BCUT2D eigenvalue weighted by Gasteiger charge is -2.10. The molecule has 0 aliphatic rings. The summed E-state index contributed by atoms with van der Waals surface area (Å²) in [6.45, 7) is 2.39. The van der Waals surface area contributed by atoms with Gasteiger partial charge >= 0.3 is 0 Å². The van der Waals surface area contributed by atoms with Crippen molar-refractivity contribution in [2.24, 2.45) is 0 Å². The van der Waals surface area contributed by atoms with E-state index in [0.717, 1.165) is 10.4 Å². The van der Waals surface area contributed by atoms with E-state index in [4.69, 9.17) is 9.72 Å². The number of methoxy groups -OCH3 is 1. The van der Waals surface area contributed by atoms with E-state index in [-0.39, 0.29) is 17.2 Å². The van der Waals surface area contributed by atoms with Crippen LogP contribution in [-0.4, -0.2) is 28.3 Å². The lowest BCUT2D eigenvalue weighted by atomic mass is 10.2. The molecule has 2 aromatic carbocycles. The third kappa shape index (κ3) is 4.65. The van der Waals surface area contributed by atoms with E-state index in [2.05, 4.69) is 5.32 Å². The van der Waals surface area contributed by atoms with Crippen LogP contribution in [0.25, 0.3) is 20.7 Å². The van der Waals surface area contributed by atoms with Crippen LogP contribution in [0.3, 0.4) is 0 Å². The van der Waals surface area contributed by atoms with E-state index in [0.29, 0.717) is 33.4 Å². The van der Waals surface area contributed by atoms with Crippen molar-refractivity contribution < 1.29 is 9.53 Å². The summed E-state index contributed by atoms with van der Waals surface area (Å²) < 4.78 is 7.43. The molecule has 0 saturated heterocycles. The maximum atomic E-state index is 13.0. The number of hydrogen-bond donors (Lipinski definition) is 1. The van der Waals surface area contributed by atoms with E-state index >= 15 is 0 Å². The van der Waals surface area contributed by atoms with Crippen LogP contribution in [0.15, 0.2) is 70.6 Å². The molecule has 1 amide bonds. The van der Waals surface area contributed by atoms with Gasteiger partial charge in [-0.3, -0.25) is 14.2 Å². The molecule has 0 saturated carbocycles. The van der Waals surface area contributed by atoms with Crippen LogP contribution in [-0.2, 0) is 11.3 Å². The number of fused-ring (bicyclic) bond motifs is 1. The van der Waals surface area contributed by atoms with Crippen molar-refractivity contribution in [2.75, 3.05) is 18.2 Å². The van der Waals surface area contributed by atoms with Crippen LogP contribution >= 0.6 is 23.1 Å². The Hall–Kier alpha value is -3.10. The van der Waals surface area contributed by atoms with Gasteiger partial charge in [0.25, 0.3) is 5.56 Å². The molecule has 8 heteroatoms. The first-order chi connectivity index (χ1) is 15.1. The summed E-state index contributed by atoms with van der Waals surface area (Å²) in [5, 5.41) is 3.39. The maximum absolute atomic E-state index is 13.0. The molecule has 0 aliphatic carbocycles. The van der Waals surface area contributed by atoms with Crippen LogP contribution in [0.1, 0.15) is 6.92 Å². The van der Waals surface area contributed by atoms with Gasteiger partial charge in [-0.25, -0.2) is 4.98 Å². The third-order valence-electron chi connectivity index (χ3n) is 4.66. The molecule has 0 bridgehead atoms. The normalized spacial score (nSPS) is 10.9. The highest BCUT2D eigenvalue weighted by Crippen LogP contribution is 2.32. The molecule has 31 heavy (non-hydrogen) atoms. The van der Waals surface area contributed by atoms with Crippen LogP contribution < -0.4 is 15.6 Å². The minimum absolute atomic E-state index is 0.0737. The highest BCUT2D eigenvalue weighted by atomic mass is 32.2. The Bertz CT molecular complexity index is 1280. The second-order valence-electron chi connectivity index (χ2n) is 6.70. The lowest BCUT2D eigenvalue weighted by molar-refractivity contribution is -0.113. The fourth-order valence-electron chi connectivity index (χ4n) is 3.15. The molecule has 0 radical (unpaired) electrons. The van der Waals surface area contributed by atoms with E-state index in [9.17, 15) is 9.59 Å². The van der Waals surface area contributed by atoms with E-state index in [1.807, 2.05) is 55.5 Å². The highest BCUT2D eigenvalue weighted by Gasteiger charge is 2.16. The van der Waals surface area contributed by atoms with Crippen molar-refractivity contribution in [3.63, 3.8) is 0 Å². The molecular formula is C23H21N3O3S2. The van der Waals surface area contributed by atoms with Gasteiger partial charge in [-0.15, -0.1) is 11.3 Å². The Morgan fingerprint density at radius 3 is 2.71 bits per heavy atom. The molecule has 4 rings (SSSR count). The van der Waals surface area contributed by atoms with Crippen LogP contribution in [0.5, 0.6) is 5.75 Å². The first kappa shape index (κ1) is 21.1. The molecule has 2 heterocycles. The van der Waals surface area contributed by atoms with Crippen LogP contribution in [0, 0.1) is 0 Å². The van der Waals surface area contributed by atoms with Crippen LogP contribution in [0.4, 0.5) is 5.69 Å². The standard InChI is InChI=1S/C23H21N3O3S2/c1-3-26-22(28)21-18(13-19(31-21)15-8-5-4-6-9-15)25-23(26)30-14-20(27)24-16-10-7-11-17(12-16)29-2/h4-13H,3,14H2,1-2H3,(H,24,27). The molecule has 0 aliphatic heterocycles. The number of benzene rings is 2. The van der Waals surface area contributed by atoms with Gasteiger partial charge in [0.2, 0.25) is 5.91 Å². The van der Waals surface area contributed by atoms with Gasteiger partial charge in [-0.2, -0.15) is 0 Å². The third-order valence-corrected chi connectivity index (χ3v) is 6.80. The fourth-order valence-corrected chi connectivity index (χ4v) is 5.07. The molecule has 0 spiro atoms. The van der Waals surface area contributed by atoms with Gasteiger partial charge < -0.3 is 10.1 Å². The number of aromatic nitrogens is 2. The number of thiophene rings is 1. The quantitative estimate of drug-likeness (QED) is 0.320. The van der Waals surface area contributed by atoms with Crippen molar-refractivity contribution in [3.8, 4) is 16.2 Å². The second kappa shape index (κ2) is 9.36. The topological polar surface area (TPSA) is 73.2 Å². The molecular weight excluding hydrogens is 430 g/mol. The minimum Gasteiger partial charge on any atom is -0.497 e. The number of amides is 1. The summed E-state index contributed by atoms with van der Waals surface area (Å²) >= 11 is 2.70. The van der Waals surface area contributed by atoms with Gasteiger partial charge in [0.05, 0.1) is 18.4 Å². The summed E-state index contributed by atoms with van der Waals surface area (Å²) in [7, 11) is 1.58. The van der Waals surface area contributed by atoms with Gasteiger partial charge in [0, 0.05) is 23.2 Å². The van der Waals surface area contributed by atoms with Crippen LogP contribution in [0.2, 0.25) is 0 Å². The first-order valence-corrected chi connectivity index (χ1v) is 11.6. The Balaban J connectivity index is 1.56. The van der Waals surface area contributed by atoms with E-state index < -0.39 is 0 Å². The van der Waals surface area contributed by atoms with E-state index in [1.165, 1.54) is 23.1 Å². The lowest BCUT2D eigenvalue weighted by Crippen LogP contribution is -2.22. The molecule has 0 unspecified atom stereocenters. The van der Waals surface area contributed by atoms with E-state index in [1.54, 1.807) is 23.8 Å². The molecule has 0 atom stereocenters. The largest absolute Gasteiger partial charge is 0.497 e. The fraction of sp³-hybridized carbons (Fsp3) is 0.174. The summed E-state index contributed by atoms with van der Waals surface area (Å²) in [5.74, 6) is 0.639. The Labute approximate surface area is 187 Å². The zero-order chi connectivity index (χ0) is 21.8. The van der Waals surface area contributed by atoms with Gasteiger partial charge in [-0.1, -0.05) is 48.2 Å². The number of anilines is 1. The molecule has 1 N–H and O–H groups in total. The summed E-state index contributed by atoms with van der Waals surface area (Å²) in [4.78, 5) is 31.2. The van der Waals surface area contributed by atoms with Crippen molar-refractivity contribution in [1.29, 1.82) is 0 Å². The van der Waals surface area contributed by atoms with Gasteiger partial charge in [0.1, 0.15) is 10.4 Å². The number of rotatable bonds is 7. The van der Waals surface area contributed by atoms with Crippen molar-refractivity contribution >= 4 is 44.9 Å². The predicted octanol–water partition coefficient (Wildman–Crippen LogP) is 4.88. The van der Waals surface area contributed by atoms with Crippen molar-refractivity contribution in [3.05, 3.63) is 71.0 Å². The first-order valence-electron chi connectivity index (χ1n) is 9.75. The van der Waals surface area contributed by atoms with Crippen molar-refractivity contribution in [2.45, 2.75) is 18.6 Å². The Kier molecular flexibility index (Phi) is 6.39. The van der Waals surface area contributed by atoms with Gasteiger partial charge in [0.15, 0.2) is 5.16 Å². The van der Waals surface area contributed by atoms with Crippen molar-refractivity contribution in [1.82, 2.24) is 9.55 Å². The molecule has 4 aromatic rings. The monoisotopic (exact) mass is 451 g/mol. The number of thioether (sulfide) groups is 1.